The standard InChI is InChI=1S/C16H21N5O/c1-12-4-3-5-13(8-12)21-9-14(18-19-21)15(22)20-7-6-16(2,10-17)11-20/h3-5,8-9H,6-7,10-11,17H2,1-2H3. The molecule has 0 bridgehead atoms. The van der Waals surface area contributed by atoms with Crippen LogP contribution in [0, 0.1) is 12.3 Å². The third kappa shape index (κ3) is 2.74. The Kier molecular flexibility index (Phi) is 3.70. The molecule has 3 rings (SSSR count). The summed E-state index contributed by atoms with van der Waals surface area (Å²) in [5.74, 6) is -0.0731. The lowest BCUT2D eigenvalue weighted by molar-refractivity contribution is 0.0771. The van der Waals surface area contributed by atoms with Crippen molar-refractivity contribution in [3.8, 4) is 5.69 Å². The van der Waals surface area contributed by atoms with E-state index in [1.54, 1.807) is 10.9 Å². The Labute approximate surface area is 129 Å². The Bertz CT molecular complexity index is 695. The van der Waals surface area contributed by atoms with Crippen LogP contribution in [-0.2, 0) is 0 Å². The summed E-state index contributed by atoms with van der Waals surface area (Å²) < 4.78 is 1.64. The molecule has 1 aromatic heterocycles. The first-order chi connectivity index (χ1) is 10.5. The summed E-state index contributed by atoms with van der Waals surface area (Å²) >= 11 is 0. The second kappa shape index (κ2) is 5.53. The number of aryl methyl sites for hydroxylation is 1. The predicted octanol–water partition coefficient (Wildman–Crippen LogP) is 1.39. The van der Waals surface area contributed by atoms with Crippen LogP contribution in [0.25, 0.3) is 5.69 Å². The van der Waals surface area contributed by atoms with Gasteiger partial charge in [-0.3, -0.25) is 4.79 Å². The fourth-order valence-corrected chi connectivity index (χ4v) is 2.78. The van der Waals surface area contributed by atoms with E-state index in [-0.39, 0.29) is 11.3 Å². The van der Waals surface area contributed by atoms with Crippen molar-refractivity contribution in [3.63, 3.8) is 0 Å². The highest BCUT2D eigenvalue weighted by Crippen LogP contribution is 2.29. The minimum atomic E-state index is -0.0731. The molecule has 1 unspecified atom stereocenters. The highest BCUT2D eigenvalue weighted by molar-refractivity contribution is 5.92. The van der Waals surface area contributed by atoms with Crippen LogP contribution in [-0.4, -0.2) is 45.4 Å². The number of hydrogen-bond acceptors (Lipinski definition) is 4. The van der Waals surface area contributed by atoms with Gasteiger partial charge in [0.05, 0.1) is 11.9 Å². The van der Waals surface area contributed by atoms with Gasteiger partial charge >= 0.3 is 0 Å². The lowest BCUT2D eigenvalue weighted by Gasteiger charge is -2.21. The first kappa shape index (κ1) is 14.7. The molecule has 116 valence electrons. The third-order valence-electron chi connectivity index (χ3n) is 4.32. The molecule has 22 heavy (non-hydrogen) atoms. The van der Waals surface area contributed by atoms with Crippen LogP contribution < -0.4 is 5.73 Å². The first-order valence-corrected chi connectivity index (χ1v) is 7.49. The number of rotatable bonds is 3. The molecule has 1 fully saturated rings. The van der Waals surface area contributed by atoms with Crippen molar-refractivity contribution < 1.29 is 4.79 Å². The van der Waals surface area contributed by atoms with Gasteiger partial charge in [0.1, 0.15) is 0 Å². The summed E-state index contributed by atoms with van der Waals surface area (Å²) in [6, 6.07) is 7.92. The number of hydrogen-bond donors (Lipinski definition) is 1. The SMILES string of the molecule is Cc1cccc(-n2cc(C(=O)N3CCC(C)(CN)C3)nn2)c1. The van der Waals surface area contributed by atoms with Gasteiger partial charge in [-0.05, 0) is 43.0 Å². The second-order valence-electron chi connectivity index (χ2n) is 6.38. The zero-order chi connectivity index (χ0) is 15.7. The van der Waals surface area contributed by atoms with E-state index in [1.807, 2.05) is 36.1 Å². The normalized spacial score (nSPS) is 21.3. The number of nitrogens with two attached hydrogens (primary N) is 1. The van der Waals surface area contributed by atoms with E-state index in [0.717, 1.165) is 24.2 Å². The maximum Gasteiger partial charge on any atom is 0.276 e. The summed E-state index contributed by atoms with van der Waals surface area (Å²) in [5.41, 5.74) is 8.23. The summed E-state index contributed by atoms with van der Waals surface area (Å²) in [6.45, 7) is 6.13. The molecular formula is C16H21N5O. The molecule has 1 saturated heterocycles. The lowest BCUT2D eigenvalue weighted by Crippen LogP contribution is -2.34. The number of likely N-dealkylation sites (tertiary alicyclic amines) is 1. The van der Waals surface area contributed by atoms with E-state index in [1.165, 1.54) is 0 Å². The van der Waals surface area contributed by atoms with Crippen molar-refractivity contribution in [1.82, 2.24) is 19.9 Å². The Balaban J connectivity index is 1.78. The van der Waals surface area contributed by atoms with Gasteiger partial charge in [-0.25, -0.2) is 4.68 Å². The minimum absolute atomic E-state index is 0.0161. The van der Waals surface area contributed by atoms with E-state index < -0.39 is 0 Å². The summed E-state index contributed by atoms with van der Waals surface area (Å²) in [5, 5.41) is 8.10. The quantitative estimate of drug-likeness (QED) is 0.929. The Morgan fingerprint density at radius 3 is 2.95 bits per heavy atom. The summed E-state index contributed by atoms with van der Waals surface area (Å²) in [6.07, 6.45) is 2.62. The number of carbonyl (C=O) groups is 1. The van der Waals surface area contributed by atoms with Crippen LogP contribution in [0.2, 0.25) is 0 Å². The zero-order valence-electron chi connectivity index (χ0n) is 13.0. The van der Waals surface area contributed by atoms with Gasteiger partial charge in [-0.1, -0.05) is 24.3 Å². The summed E-state index contributed by atoms with van der Waals surface area (Å²) in [4.78, 5) is 14.3. The average Bonchev–Trinajstić information content (AvgIpc) is 3.14. The first-order valence-electron chi connectivity index (χ1n) is 7.49. The molecule has 0 aliphatic carbocycles. The largest absolute Gasteiger partial charge is 0.337 e. The molecule has 6 nitrogen and oxygen atoms in total. The van der Waals surface area contributed by atoms with Gasteiger partial charge in [0.15, 0.2) is 5.69 Å². The molecule has 1 aromatic carbocycles. The van der Waals surface area contributed by atoms with Crippen molar-refractivity contribution in [3.05, 3.63) is 41.7 Å². The number of benzene rings is 1. The van der Waals surface area contributed by atoms with E-state index in [4.69, 9.17) is 5.73 Å². The van der Waals surface area contributed by atoms with Gasteiger partial charge < -0.3 is 10.6 Å². The fourth-order valence-electron chi connectivity index (χ4n) is 2.78. The number of amides is 1. The molecule has 2 N–H and O–H groups in total. The third-order valence-corrected chi connectivity index (χ3v) is 4.32. The van der Waals surface area contributed by atoms with Crippen LogP contribution in [0.4, 0.5) is 0 Å². The molecule has 6 heteroatoms. The molecule has 2 heterocycles. The van der Waals surface area contributed by atoms with Crippen molar-refractivity contribution in [2.75, 3.05) is 19.6 Å². The van der Waals surface area contributed by atoms with E-state index in [0.29, 0.717) is 18.8 Å². The van der Waals surface area contributed by atoms with Crippen LogP contribution >= 0.6 is 0 Å². The molecule has 1 aliphatic heterocycles. The van der Waals surface area contributed by atoms with Crippen molar-refractivity contribution >= 4 is 5.91 Å². The van der Waals surface area contributed by atoms with Gasteiger partial charge in [0.25, 0.3) is 5.91 Å². The fraction of sp³-hybridized carbons (Fsp3) is 0.438. The monoisotopic (exact) mass is 299 g/mol. The second-order valence-corrected chi connectivity index (χ2v) is 6.38. The Hall–Kier alpha value is -2.21. The van der Waals surface area contributed by atoms with Crippen molar-refractivity contribution in [2.45, 2.75) is 20.3 Å². The van der Waals surface area contributed by atoms with Crippen molar-refractivity contribution in [2.24, 2.45) is 11.1 Å². The molecule has 1 amide bonds. The number of aromatic nitrogens is 3. The van der Waals surface area contributed by atoms with Gasteiger partial charge in [0.2, 0.25) is 0 Å². The zero-order valence-corrected chi connectivity index (χ0v) is 13.0. The van der Waals surface area contributed by atoms with Gasteiger partial charge in [0, 0.05) is 13.1 Å². The predicted molar refractivity (Wildman–Crippen MR) is 83.8 cm³/mol. The van der Waals surface area contributed by atoms with Crippen LogP contribution in [0.15, 0.2) is 30.5 Å². The number of nitrogens with zero attached hydrogens (tertiary/aromatic N) is 4. The van der Waals surface area contributed by atoms with Crippen LogP contribution in [0.5, 0.6) is 0 Å². The van der Waals surface area contributed by atoms with E-state index >= 15 is 0 Å². The molecule has 1 atom stereocenters. The topological polar surface area (TPSA) is 77.0 Å². The minimum Gasteiger partial charge on any atom is -0.337 e. The maximum atomic E-state index is 12.5. The highest BCUT2D eigenvalue weighted by Gasteiger charge is 2.35. The molecule has 2 aromatic rings. The molecule has 0 radical (unpaired) electrons. The Morgan fingerprint density at radius 1 is 1.45 bits per heavy atom. The molecule has 0 spiro atoms. The molecule has 0 saturated carbocycles. The average molecular weight is 299 g/mol. The molecular weight excluding hydrogens is 278 g/mol. The lowest BCUT2D eigenvalue weighted by atomic mass is 9.90. The highest BCUT2D eigenvalue weighted by atomic mass is 16.2. The maximum absolute atomic E-state index is 12.5. The van der Waals surface area contributed by atoms with Crippen molar-refractivity contribution in [1.29, 1.82) is 0 Å². The van der Waals surface area contributed by atoms with Crippen LogP contribution in [0.3, 0.4) is 0 Å². The number of carbonyl (C=O) groups excluding carboxylic acids is 1. The van der Waals surface area contributed by atoms with Gasteiger partial charge in [-0.2, -0.15) is 0 Å². The smallest absolute Gasteiger partial charge is 0.276 e. The Morgan fingerprint density at radius 2 is 2.27 bits per heavy atom. The van der Waals surface area contributed by atoms with Gasteiger partial charge in [-0.15, -0.1) is 5.10 Å². The molecule has 1 aliphatic rings. The summed E-state index contributed by atoms with van der Waals surface area (Å²) in [7, 11) is 0. The van der Waals surface area contributed by atoms with E-state index in [9.17, 15) is 4.79 Å². The van der Waals surface area contributed by atoms with E-state index in [2.05, 4.69) is 17.2 Å². The van der Waals surface area contributed by atoms with Crippen LogP contribution in [0.1, 0.15) is 29.4 Å².